The van der Waals surface area contributed by atoms with Crippen LogP contribution < -0.4 is 5.32 Å². The highest BCUT2D eigenvalue weighted by molar-refractivity contribution is 9.10. The number of halogens is 1. The molecule has 5 nitrogen and oxygen atoms in total. The maximum absolute atomic E-state index is 5.43. The zero-order chi connectivity index (χ0) is 16.2. The van der Waals surface area contributed by atoms with Gasteiger partial charge >= 0.3 is 0 Å². The van der Waals surface area contributed by atoms with Crippen molar-refractivity contribution in [2.75, 3.05) is 47.6 Å². The van der Waals surface area contributed by atoms with Crippen molar-refractivity contribution in [3.05, 3.63) is 34.3 Å². The topological polar surface area (TPSA) is 46.1 Å². The third kappa shape index (κ3) is 7.77. The number of hydrogen-bond acceptors (Lipinski definition) is 3. The van der Waals surface area contributed by atoms with Gasteiger partial charge in [-0.15, -0.1) is 0 Å². The van der Waals surface area contributed by atoms with Crippen LogP contribution >= 0.6 is 15.9 Å². The molecule has 1 aromatic carbocycles. The van der Waals surface area contributed by atoms with Gasteiger partial charge < -0.3 is 19.7 Å². The van der Waals surface area contributed by atoms with E-state index in [2.05, 4.69) is 55.4 Å². The number of guanidine groups is 1. The standard InChI is InChI=1S/C16H26BrN3O2/c1-18-16(19-9-4-10-22-12-11-21-3)20(2)13-14-5-7-15(17)8-6-14/h5-8H,4,9-13H2,1-3H3,(H,18,19). The van der Waals surface area contributed by atoms with Gasteiger partial charge in [0.2, 0.25) is 0 Å². The second-order valence-electron chi connectivity index (χ2n) is 4.92. The van der Waals surface area contributed by atoms with E-state index < -0.39 is 0 Å². The Morgan fingerprint density at radius 3 is 2.59 bits per heavy atom. The van der Waals surface area contributed by atoms with Crippen LogP contribution in [0.1, 0.15) is 12.0 Å². The van der Waals surface area contributed by atoms with Crippen LogP contribution in [0.3, 0.4) is 0 Å². The van der Waals surface area contributed by atoms with Gasteiger partial charge in [-0.2, -0.15) is 0 Å². The van der Waals surface area contributed by atoms with Gasteiger partial charge in [0.1, 0.15) is 0 Å². The first kappa shape index (κ1) is 18.9. The molecular weight excluding hydrogens is 346 g/mol. The predicted molar refractivity (Wildman–Crippen MR) is 94.3 cm³/mol. The fraction of sp³-hybridized carbons (Fsp3) is 0.562. The van der Waals surface area contributed by atoms with Crippen molar-refractivity contribution in [2.45, 2.75) is 13.0 Å². The molecule has 124 valence electrons. The quantitative estimate of drug-likeness (QED) is 0.411. The molecule has 1 aromatic rings. The summed E-state index contributed by atoms with van der Waals surface area (Å²) >= 11 is 3.45. The SMILES string of the molecule is CN=C(NCCCOCCOC)N(C)Cc1ccc(Br)cc1. The molecule has 0 bridgehead atoms. The highest BCUT2D eigenvalue weighted by Gasteiger charge is 2.06. The van der Waals surface area contributed by atoms with E-state index in [0.29, 0.717) is 13.2 Å². The number of methoxy groups -OCH3 is 1. The molecule has 0 aliphatic heterocycles. The predicted octanol–water partition coefficient (Wildman–Crippen LogP) is 2.51. The van der Waals surface area contributed by atoms with Gasteiger partial charge in [0.25, 0.3) is 0 Å². The fourth-order valence-electron chi connectivity index (χ4n) is 1.94. The van der Waals surface area contributed by atoms with Gasteiger partial charge in [-0.25, -0.2) is 0 Å². The van der Waals surface area contributed by atoms with Crippen molar-refractivity contribution < 1.29 is 9.47 Å². The van der Waals surface area contributed by atoms with Gasteiger partial charge in [-0.3, -0.25) is 4.99 Å². The Labute approximate surface area is 141 Å². The fourth-order valence-corrected chi connectivity index (χ4v) is 2.21. The van der Waals surface area contributed by atoms with Crippen LogP contribution in [0, 0.1) is 0 Å². The van der Waals surface area contributed by atoms with E-state index in [-0.39, 0.29) is 0 Å². The molecule has 0 aliphatic carbocycles. The number of hydrogen-bond donors (Lipinski definition) is 1. The Balaban J connectivity index is 2.27. The normalized spacial score (nSPS) is 11.5. The molecule has 6 heteroatoms. The first-order chi connectivity index (χ1) is 10.7. The Kier molecular flexibility index (Phi) is 9.86. The number of nitrogens with zero attached hydrogens (tertiary/aromatic N) is 2. The summed E-state index contributed by atoms with van der Waals surface area (Å²) in [5.41, 5.74) is 1.25. The van der Waals surface area contributed by atoms with Gasteiger partial charge in [0.05, 0.1) is 13.2 Å². The van der Waals surface area contributed by atoms with E-state index in [1.165, 1.54) is 5.56 Å². The molecule has 1 rings (SSSR count). The smallest absolute Gasteiger partial charge is 0.193 e. The Morgan fingerprint density at radius 1 is 1.23 bits per heavy atom. The highest BCUT2D eigenvalue weighted by atomic mass is 79.9. The third-order valence-electron chi connectivity index (χ3n) is 3.09. The Morgan fingerprint density at radius 2 is 1.95 bits per heavy atom. The molecule has 0 aromatic heterocycles. The lowest BCUT2D eigenvalue weighted by molar-refractivity contribution is 0.0698. The van der Waals surface area contributed by atoms with Crippen molar-refractivity contribution in [1.82, 2.24) is 10.2 Å². The first-order valence-corrected chi connectivity index (χ1v) is 8.19. The van der Waals surface area contributed by atoms with Gasteiger partial charge in [-0.1, -0.05) is 28.1 Å². The number of ether oxygens (including phenoxy) is 2. The molecule has 0 atom stereocenters. The number of benzene rings is 1. The summed E-state index contributed by atoms with van der Waals surface area (Å²) in [5, 5.41) is 3.35. The van der Waals surface area contributed by atoms with Crippen LogP contribution in [0.5, 0.6) is 0 Å². The van der Waals surface area contributed by atoms with Crippen LogP contribution in [0.15, 0.2) is 33.7 Å². The van der Waals surface area contributed by atoms with E-state index >= 15 is 0 Å². The third-order valence-corrected chi connectivity index (χ3v) is 3.62. The number of nitrogens with one attached hydrogen (secondary N) is 1. The van der Waals surface area contributed by atoms with E-state index in [1.54, 1.807) is 14.2 Å². The second kappa shape index (κ2) is 11.5. The zero-order valence-electron chi connectivity index (χ0n) is 13.6. The summed E-state index contributed by atoms with van der Waals surface area (Å²) in [7, 11) is 5.51. The van der Waals surface area contributed by atoms with E-state index in [0.717, 1.165) is 36.5 Å². The Bertz CT molecular complexity index is 438. The van der Waals surface area contributed by atoms with Crippen LogP contribution in [0.25, 0.3) is 0 Å². The molecule has 0 fully saturated rings. The maximum Gasteiger partial charge on any atom is 0.193 e. The molecule has 0 heterocycles. The molecule has 22 heavy (non-hydrogen) atoms. The second-order valence-corrected chi connectivity index (χ2v) is 5.83. The summed E-state index contributed by atoms with van der Waals surface area (Å²) < 4.78 is 11.5. The molecule has 0 spiro atoms. The molecule has 0 saturated heterocycles. The molecule has 1 N–H and O–H groups in total. The first-order valence-electron chi connectivity index (χ1n) is 7.40. The summed E-state index contributed by atoms with van der Waals surface area (Å²) in [6.07, 6.45) is 0.939. The average molecular weight is 372 g/mol. The van der Waals surface area contributed by atoms with E-state index in [4.69, 9.17) is 9.47 Å². The molecule has 0 unspecified atom stereocenters. The van der Waals surface area contributed by atoms with Crippen molar-refractivity contribution in [3.8, 4) is 0 Å². The van der Waals surface area contributed by atoms with Gasteiger partial charge in [0.15, 0.2) is 5.96 Å². The van der Waals surface area contributed by atoms with E-state index in [9.17, 15) is 0 Å². The van der Waals surface area contributed by atoms with Crippen LogP contribution in [0.4, 0.5) is 0 Å². The summed E-state index contributed by atoms with van der Waals surface area (Å²) in [6.45, 7) is 3.67. The summed E-state index contributed by atoms with van der Waals surface area (Å²) in [4.78, 5) is 6.42. The minimum Gasteiger partial charge on any atom is -0.382 e. The van der Waals surface area contributed by atoms with Crippen molar-refractivity contribution in [1.29, 1.82) is 0 Å². The lowest BCUT2D eigenvalue weighted by Crippen LogP contribution is -2.39. The molecule has 0 amide bonds. The highest BCUT2D eigenvalue weighted by Crippen LogP contribution is 2.11. The molecule has 0 radical (unpaired) electrons. The van der Waals surface area contributed by atoms with Gasteiger partial charge in [-0.05, 0) is 24.1 Å². The minimum absolute atomic E-state index is 0.644. The van der Waals surface area contributed by atoms with Crippen LogP contribution in [-0.2, 0) is 16.0 Å². The number of aliphatic imine (C=N–C) groups is 1. The lowest BCUT2D eigenvalue weighted by Gasteiger charge is -2.22. The molecule has 0 aliphatic rings. The molecule has 0 saturated carbocycles. The largest absolute Gasteiger partial charge is 0.382 e. The Hall–Kier alpha value is -1.11. The number of rotatable bonds is 9. The van der Waals surface area contributed by atoms with Crippen molar-refractivity contribution >= 4 is 21.9 Å². The average Bonchev–Trinajstić information content (AvgIpc) is 2.52. The molecular formula is C16H26BrN3O2. The minimum atomic E-state index is 0.644. The van der Waals surface area contributed by atoms with Gasteiger partial charge in [0, 0.05) is 45.4 Å². The zero-order valence-corrected chi connectivity index (χ0v) is 15.2. The monoisotopic (exact) mass is 371 g/mol. The van der Waals surface area contributed by atoms with Crippen molar-refractivity contribution in [3.63, 3.8) is 0 Å². The van der Waals surface area contributed by atoms with Crippen LogP contribution in [-0.4, -0.2) is 58.4 Å². The van der Waals surface area contributed by atoms with E-state index in [1.807, 2.05) is 7.05 Å². The lowest BCUT2D eigenvalue weighted by atomic mass is 10.2. The van der Waals surface area contributed by atoms with Crippen LogP contribution in [0.2, 0.25) is 0 Å². The summed E-state index contributed by atoms with van der Waals surface area (Å²) in [6, 6.07) is 8.32. The maximum atomic E-state index is 5.43. The summed E-state index contributed by atoms with van der Waals surface area (Å²) in [5.74, 6) is 0.889. The van der Waals surface area contributed by atoms with Crippen molar-refractivity contribution in [2.24, 2.45) is 4.99 Å².